The van der Waals surface area contributed by atoms with Gasteiger partial charge in [-0.2, -0.15) is 9.78 Å². The number of thioether (sulfide) groups is 1. The molecule has 0 unspecified atom stereocenters. The molecule has 2 aromatic rings. The normalized spacial score (nSPS) is 13.6. The van der Waals surface area contributed by atoms with Crippen LogP contribution < -0.4 is 0 Å². The molecule has 4 nitrogen and oxygen atoms in total. The molecule has 0 saturated heterocycles. The van der Waals surface area contributed by atoms with E-state index in [0.29, 0.717) is 0 Å². The number of benzene rings is 1. The average Bonchev–Trinajstić information content (AvgIpc) is 2.77. The highest BCUT2D eigenvalue weighted by Gasteiger charge is 2.14. The fraction of sp³-hybridized carbons (Fsp3) is 0.182. The molecule has 17 heavy (non-hydrogen) atoms. The first-order valence-corrected chi connectivity index (χ1v) is 5.99. The Morgan fingerprint density at radius 2 is 2.00 bits per heavy atom. The molecule has 1 aromatic carbocycles. The second-order valence-electron chi connectivity index (χ2n) is 3.66. The molecule has 3 rings (SSSR count). The van der Waals surface area contributed by atoms with Gasteiger partial charge in [0.1, 0.15) is 6.33 Å². The van der Waals surface area contributed by atoms with Gasteiger partial charge in [-0.3, -0.25) is 0 Å². The minimum absolute atomic E-state index is 0. The van der Waals surface area contributed by atoms with Crippen LogP contribution in [0.15, 0.2) is 40.9 Å². The van der Waals surface area contributed by atoms with Crippen molar-refractivity contribution in [3.63, 3.8) is 0 Å². The number of rotatable bonds is 1. The van der Waals surface area contributed by atoms with Gasteiger partial charge >= 0.3 is 0 Å². The summed E-state index contributed by atoms with van der Waals surface area (Å²) in [7, 11) is 0. The molecule has 0 bridgehead atoms. The smallest absolute Gasteiger partial charge is 0.194 e. The Morgan fingerprint density at radius 3 is 2.76 bits per heavy atom. The van der Waals surface area contributed by atoms with E-state index in [9.17, 15) is 0 Å². The van der Waals surface area contributed by atoms with Gasteiger partial charge in [-0.1, -0.05) is 41.6 Å². The van der Waals surface area contributed by atoms with Gasteiger partial charge in [0.2, 0.25) is 5.16 Å². The molecule has 1 aliphatic rings. The van der Waals surface area contributed by atoms with Gasteiger partial charge in [0.15, 0.2) is 0 Å². The van der Waals surface area contributed by atoms with E-state index in [4.69, 9.17) is 0 Å². The Morgan fingerprint density at radius 1 is 1.24 bits per heavy atom. The maximum Gasteiger partial charge on any atom is 0.212 e. The third-order valence-electron chi connectivity index (χ3n) is 2.45. The molecule has 0 amide bonds. The monoisotopic (exact) mass is 266 g/mol. The van der Waals surface area contributed by atoms with Crippen LogP contribution in [-0.4, -0.2) is 26.3 Å². The van der Waals surface area contributed by atoms with Gasteiger partial charge in [-0.05, 0) is 12.5 Å². The van der Waals surface area contributed by atoms with Crippen molar-refractivity contribution >= 4 is 29.9 Å². The predicted octanol–water partition coefficient (Wildman–Crippen LogP) is 2.37. The number of halogens is 1. The van der Waals surface area contributed by atoms with E-state index in [-0.39, 0.29) is 12.4 Å². The largest absolute Gasteiger partial charge is 0.212 e. The number of aryl methyl sites for hydroxylation is 1. The van der Waals surface area contributed by atoms with E-state index in [0.717, 1.165) is 22.2 Å². The summed E-state index contributed by atoms with van der Waals surface area (Å²) >= 11 is 1.66. The second-order valence-corrected chi connectivity index (χ2v) is 4.60. The van der Waals surface area contributed by atoms with Crippen molar-refractivity contribution < 1.29 is 0 Å². The van der Waals surface area contributed by atoms with E-state index < -0.39 is 0 Å². The maximum atomic E-state index is 4.49. The van der Waals surface area contributed by atoms with Gasteiger partial charge in [0.25, 0.3) is 0 Å². The summed E-state index contributed by atoms with van der Waals surface area (Å²) in [6, 6.07) is 8.41. The molecule has 0 aliphatic carbocycles. The summed E-state index contributed by atoms with van der Waals surface area (Å²) in [4.78, 5) is 0. The minimum Gasteiger partial charge on any atom is -0.194 e. The average molecular weight is 267 g/mol. The van der Waals surface area contributed by atoms with Crippen LogP contribution in [0.4, 0.5) is 0 Å². The van der Waals surface area contributed by atoms with Crippen LogP contribution in [-0.2, 0) is 0 Å². The Bertz CT molecular complexity index is 547. The van der Waals surface area contributed by atoms with Crippen molar-refractivity contribution in [2.75, 3.05) is 5.75 Å². The zero-order valence-corrected chi connectivity index (χ0v) is 10.8. The van der Waals surface area contributed by atoms with Crippen molar-refractivity contribution in [1.29, 1.82) is 0 Å². The molecular weight excluding hydrogens is 256 g/mol. The van der Waals surface area contributed by atoms with Gasteiger partial charge in [-0.25, -0.2) is 0 Å². The van der Waals surface area contributed by atoms with Crippen molar-refractivity contribution in [3.05, 3.63) is 41.7 Å². The molecule has 0 N–H and O–H groups in total. The van der Waals surface area contributed by atoms with Crippen LogP contribution in [0.25, 0.3) is 0 Å². The lowest BCUT2D eigenvalue weighted by atomic mass is 10.1. The van der Waals surface area contributed by atoms with E-state index in [1.54, 1.807) is 22.8 Å². The zero-order chi connectivity index (χ0) is 11.0. The third kappa shape index (κ3) is 2.35. The Kier molecular flexibility index (Phi) is 3.49. The predicted molar refractivity (Wildman–Crippen MR) is 71.1 cm³/mol. The Balaban J connectivity index is 0.00000108. The molecule has 1 aromatic heterocycles. The number of hydrogen-bond donors (Lipinski definition) is 0. The van der Waals surface area contributed by atoms with Crippen LogP contribution in [0.3, 0.4) is 0 Å². The summed E-state index contributed by atoms with van der Waals surface area (Å²) in [6.07, 6.45) is 1.63. The van der Waals surface area contributed by atoms with Crippen LogP contribution in [0.2, 0.25) is 0 Å². The zero-order valence-electron chi connectivity index (χ0n) is 9.20. The van der Waals surface area contributed by atoms with E-state index >= 15 is 0 Å². The van der Waals surface area contributed by atoms with E-state index in [2.05, 4.69) is 46.5 Å². The quantitative estimate of drug-likeness (QED) is 0.796. The highest BCUT2D eigenvalue weighted by Crippen LogP contribution is 2.21. The number of aromatic nitrogens is 3. The fourth-order valence-electron chi connectivity index (χ4n) is 1.56. The maximum absolute atomic E-state index is 4.49. The van der Waals surface area contributed by atoms with E-state index in [1.807, 2.05) is 0 Å². The number of hydrogen-bond acceptors (Lipinski definition) is 4. The molecule has 0 radical (unpaired) electrons. The van der Waals surface area contributed by atoms with E-state index in [1.165, 1.54) is 5.56 Å². The van der Waals surface area contributed by atoms with Crippen molar-refractivity contribution in [3.8, 4) is 0 Å². The molecular formula is C11H11ClN4S. The van der Waals surface area contributed by atoms with Crippen LogP contribution in [0, 0.1) is 6.92 Å². The third-order valence-corrected chi connectivity index (χ3v) is 3.40. The summed E-state index contributed by atoms with van der Waals surface area (Å²) in [5.41, 5.74) is 3.49. The molecule has 2 heterocycles. The van der Waals surface area contributed by atoms with Crippen molar-refractivity contribution in [2.45, 2.75) is 12.1 Å². The lowest BCUT2D eigenvalue weighted by Crippen LogP contribution is -2.12. The summed E-state index contributed by atoms with van der Waals surface area (Å²) in [5.74, 6) is 0.849. The number of nitrogens with zero attached hydrogens (tertiary/aromatic N) is 4. The van der Waals surface area contributed by atoms with Gasteiger partial charge < -0.3 is 0 Å². The summed E-state index contributed by atoms with van der Waals surface area (Å²) < 4.78 is 1.73. The Labute approximate surface area is 110 Å². The van der Waals surface area contributed by atoms with Crippen molar-refractivity contribution in [1.82, 2.24) is 14.9 Å². The molecule has 0 saturated carbocycles. The topological polar surface area (TPSA) is 43.1 Å². The first-order valence-electron chi connectivity index (χ1n) is 5.00. The molecule has 0 atom stereocenters. The van der Waals surface area contributed by atoms with Gasteiger partial charge in [0.05, 0.1) is 5.71 Å². The molecule has 1 aliphatic heterocycles. The summed E-state index contributed by atoms with van der Waals surface area (Å²) in [5, 5.41) is 13.1. The lowest BCUT2D eigenvalue weighted by molar-refractivity contribution is 0.756. The summed E-state index contributed by atoms with van der Waals surface area (Å²) in [6.45, 7) is 2.08. The fourth-order valence-corrected chi connectivity index (χ4v) is 2.38. The Hall–Kier alpha value is -1.33. The standard InChI is InChI=1S/C11H10N4S.ClH/c1-8-2-4-9(5-3-8)10-6-16-11-13-12-7-15(11)14-10;/h2-5,7H,6H2,1H3;1H. The SMILES string of the molecule is Cc1ccc(C2=Nn3cnnc3SC2)cc1.Cl. The first-order chi connectivity index (χ1) is 7.83. The highest BCUT2D eigenvalue weighted by molar-refractivity contribution is 7.99. The van der Waals surface area contributed by atoms with Crippen molar-refractivity contribution in [2.24, 2.45) is 5.10 Å². The first kappa shape index (κ1) is 12.1. The molecule has 0 spiro atoms. The van der Waals surface area contributed by atoms with Crippen LogP contribution in [0.1, 0.15) is 11.1 Å². The van der Waals surface area contributed by atoms with Crippen LogP contribution >= 0.6 is 24.2 Å². The minimum atomic E-state index is 0. The van der Waals surface area contributed by atoms with Gasteiger partial charge in [0, 0.05) is 5.75 Å². The molecule has 88 valence electrons. The lowest BCUT2D eigenvalue weighted by Gasteiger charge is -2.11. The number of fused-ring (bicyclic) bond motifs is 1. The van der Waals surface area contributed by atoms with Gasteiger partial charge in [-0.15, -0.1) is 22.6 Å². The van der Waals surface area contributed by atoms with Crippen LogP contribution in [0.5, 0.6) is 0 Å². The second kappa shape index (κ2) is 4.89. The highest BCUT2D eigenvalue weighted by atomic mass is 35.5. The molecule has 0 fully saturated rings. The molecule has 6 heteroatoms.